The van der Waals surface area contributed by atoms with E-state index in [0.717, 1.165) is 5.56 Å². The molecule has 2 aromatic rings. The summed E-state index contributed by atoms with van der Waals surface area (Å²) < 4.78 is 14.3. The standard InChI is InChI=1S/C14H16FN3O/c1-10(2)13(11-3-5-12(15)6-4-11)17-14(19)18-8-7-16-9-18/h3-10,13H,1-2H3,(H,17,19). The molecule has 0 fully saturated rings. The quantitative estimate of drug-likeness (QED) is 0.923. The van der Waals surface area contributed by atoms with Crippen molar-refractivity contribution in [1.29, 1.82) is 0 Å². The molecule has 0 saturated carbocycles. The van der Waals surface area contributed by atoms with Crippen LogP contribution in [0.15, 0.2) is 43.0 Å². The number of imidazole rings is 1. The first-order chi connectivity index (χ1) is 9.08. The first-order valence-electron chi connectivity index (χ1n) is 6.12. The monoisotopic (exact) mass is 261 g/mol. The van der Waals surface area contributed by atoms with Crippen LogP contribution in [0, 0.1) is 11.7 Å². The van der Waals surface area contributed by atoms with Gasteiger partial charge in [-0.1, -0.05) is 26.0 Å². The van der Waals surface area contributed by atoms with E-state index in [1.807, 2.05) is 13.8 Å². The molecule has 0 aliphatic heterocycles. The third kappa shape index (κ3) is 3.19. The summed E-state index contributed by atoms with van der Waals surface area (Å²) in [6.45, 7) is 4.00. The van der Waals surface area contributed by atoms with Gasteiger partial charge in [-0.25, -0.2) is 14.2 Å². The van der Waals surface area contributed by atoms with Crippen LogP contribution in [0.3, 0.4) is 0 Å². The second-order valence-corrected chi connectivity index (χ2v) is 4.69. The average Bonchev–Trinajstić information content (AvgIpc) is 2.90. The highest BCUT2D eigenvalue weighted by molar-refractivity contribution is 5.76. The Morgan fingerprint density at radius 2 is 2.00 bits per heavy atom. The molecule has 0 spiro atoms. The molecular weight excluding hydrogens is 245 g/mol. The highest BCUT2D eigenvalue weighted by Crippen LogP contribution is 2.22. The van der Waals surface area contributed by atoms with E-state index in [9.17, 15) is 9.18 Å². The van der Waals surface area contributed by atoms with Crippen LogP contribution in [-0.4, -0.2) is 15.6 Å². The number of aromatic nitrogens is 2. The molecule has 1 atom stereocenters. The van der Waals surface area contributed by atoms with Gasteiger partial charge >= 0.3 is 6.03 Å². The molecule has 0 radical (unpaired) electrons. The Morgan fingerprint density at radius 3 is 2.53 bits per heavy atom. The van der Waals surface area contributed by atoms with E-state index in [2.05, 4.69) is 10.3 Å². The Labute approximate surface area is 111 Å². The van der Waals surface area contributed by atoms with Crippen molar-refractivity contribution >= 4 is 6.03 Å². The van der Waals surface area contributed by atoms with Crippen molar-refractivity contribution in [3.8, 4) is 0 Å². The lowest BCUT2D eigenvalue weighted by Gasteiger charge is -2.22. The van der Waals surface area contributed by atoms with Crippen LogP contribution in [0.5, 0.6) is 0 Å². The molecule has 1 heterocycles. The number of hydrogen-bond acceptors (Lipinski definition) is 2. The Morgan fingerprint density at radius 1 is 1.32 bits per heavy atom. The highest BCUT2D eigenvalue weighted by atomic mass is 19.1. The molecule has 4 nitrogen and oxygen atoms in total. The Bertz CT molecular complexity index is 534. The number of nitrogens with zero attached hydrogens (tertiary/aromatic N) is 2. The average molecular weight is 261 g/mol. The first kappa shape index (κ1) is 13.3. The van der Waals surface area contributed by atoms with E-state index >= 15 is 0 Å². The number of amides is 1. The van der Waals surface area contributed by atoms with Gasteiger partial charge in [0.1, 0.15) is 12.1 Å². The van der Waals surface area contributed by atoms with Crippen molar-refractivity contribution in [2.75, 3.05) is 0 Å². The fourth-order valence-corrected chi connectivity index (χ4v) is 1.89. The minimum absolute atomic E-state index is 0.171. The Balaban J connectivity index is 2.17. The number of hydrogen-bond donors (Lipinski definition) is 1. The molecule has 5 heteroatoms. The predicted octanol–water partition coefficient (Wildman–Crippen LogP) is 2.98. The smallest absolute Gasteiger partial charge is 0.327 e. The summed E-state index contributed by atoms with van der Waals surface area (Å²) in [5.74, 6) is -0.0925. The van der Waals surface area contributed by atoms with Gasteiger partial charge in [-0.2, -0.15) is 0 Å². The number of benzene rings is 1. The molecule has 1 unspecified atom stereocenters. The van der Waals surface area contributed by atoms with Gasteiger partial charge in [0.15, 0.2) is 0 Å². The maximum Gasteiger partial charge on any atom is 0.327 e. The van der Waals surface area contributed by atoms with Crippen molar-refractivity contribution < 1.29 is 9.18 Å². The van der Waals surface area contributed by atoms with Crippen molar-refractivity contribution in [3.63, 3.8) is 0 Å². The maximum atomic E-state index is 12.9. The molecule has 1 amide bonds. The van der Waals surface area contributed by atoms with Crippen molar-refractivity contribution in [2.45, 2.75) is 19.9 Å². The molecule has 100 valence electrons. The largest absolute Gasteiger partial charge is 0.330 e. The molecule has 1 N–H and O–H groups in total. The number of carbonyl (C=O) groups is 1. The topological polar surface area (TPSA) is 46.9 Å². The molecule has 1 aromatic heterocycles. The third-order valence-corrected chi connectivity index (χ3v) is 2.91. The minimum atomic E-state index is -0.285. The number of nitrogens with one attached hydrogen (secondary N) is 1. The highest BCUT2D eigenvalue weighted by Gasteiger charge is 2.18. The molecule has 0 bridgehead atoms. The van der Waals surface area contributed by atoms with E-state index in [1.54, 1.807) is 24.5 Å². The molecule has 2 rings (SSSR count). The second kappa shape index (κ2) is 5.65. The normalized spacial score (nSPS) is 12.4. The summed E-state index contributed by atoms with van der Waals surface area (Å²) in [6.07, 6.45) is 4.57. The Hall–Kier alpha value is -2.17. The maximum absolute atomic E-state index is 12.9. The zero-order valence-electron chi connectivity index (χ0n) is 10.9. The molecule has 1 aromatic carbocycles. The lowest BCUT2D eigenvalue weighted by Crippen LogP contribution is -2.34. The van der Waals surface area contributed by atoms with Gasteiger partial charge in [0.2, 0.25) is 0 Å². The van der Waals surface area contributed by atoms with Gasteiger partial charge in [0.05, 0.1) is 6.04 Å². The van der Waals surface area contributed by atoms with E-state index in [-0.39, 0.29) is 23.8 Å². The molecule has 0 saturated heterocycles. The van der Waals surface area contributed by atoms with Gasteiger partial charge in [0, 0.05) is 12.4 Å². The summed E-state index contributed by atoms with van der Waals surface area (Å²) in [5, 5.41) is 2.92. The summed E-state index contributed by atoms with van der Waals surface area (Å²) in [7, 11) is 0. The third-order valence-electron chi connectivity index (χ3n) is 2.91. The number of rotatable bonds is 3. The minimum Gasteiger partial charge on any atom is -0.330 e. The predicted molar refractivity (Wildman–Crippen MR) is 70.1 cm³/mol. The summed E-state index contributed by atoms with van der Waals surface area (Å²) in [5.41, 5.74) is 0.880. The van der Waals surface area contributed by atoms with Gasteiger partial charge in [-0.05, 0) is 23.6 Å². The van der Waals surface area contributed by atoms with Gasteiger partial charge < -0.3 is 5.32 Å². The molecule has 0 aliphatic carbocycles. The molecular formula is C14H16FN3O. The van der Waals surface area contributed by atoms with E-state index in [0.29, 0.717) is 0 Å². The van der Waals surface area contributed by atoms with Crippen LogP contribution in [-0.2, 0) is 0 Å². The fraction of sp³-hybridized carbons (Fsp3) is 0.286. The zero-order chi connectivity index (χ0) is 13.8. The lowest BCUT2D eigenvalue weighted by atomic mass is 9.96. The van der Waals surface area contributed by atoms with Gasteiger partial charge in [0.25, 0.3) is 0 Å². The summed E-state index contributed by atoms with van der Waals surface area (Å²) >= 11 is 0. The van der Waals surface area contributed by atoms with Crippen molar-refractivity contribution in [1.82, 2.24) is 14.9 Å². The van der Waals surface area contributed by atoms with Crippen LogP contribution in [0.2, 0.25) is 0 Å². The van der Waals surface area contributed by atoms with Crippen molar-refractivity contribution in [2.24, 2.45) is 5.92 Å². The van der Waals surface area contributed by atoms with Crippen LogP contribution in [0.1, 0.15) is 25.5 Å². The lowest BCUT2D eigenvalue weighted by molar-refractivity contribution is 0.234. The van der Waals surface area contributed by atoms with E-state index in [1.165, 1.54) is 23.0 Å². The van der Waals surface area contributed by atoms with Crippen LogP contribution in [0.25, 0.3) is 0 Å². The number of carbonyl (C=O) groups excluding carboxylic acids is 1. The zero-order valence-corrected chi connectivity index (χ0v) is 10.9. The summed E-state index contributed by atoms with van der Waals surface area (Å²) in [4.78, 5) is 15.8. The molecule has 19 heavy (non-hydrogen) atoms. The fourth-order valence-electron chi connectivity index (χ4n) is 1.89. The van der Waals surface area contributed by atoms with Gasteiger partial charge in [-0.3, -0.25) is 4.57 Å². The SMILES string of the molecule is CC(C)C(NC(=O)n1ccnc1)c1ccc(F)cc1. The second-order valence-electron chi connectivity index (χ2n) is 4.69. The van der Waals surface area contributed by atoms with E-state index < -0.39 is 0 Å². The van der Waals surface area contributed by atoms with Crippen LogP contribution >= 0.6 is 0 Å². The Kier molecular flexibility index (Phi) is 3.94. The molecule has 0 aliphatic rings. The van der Waals surface area contributed by atoms with E-state index in [4.69, 9.17) is 0 Å². The summed E-state index contributed by atoms with van der Waals surface area (Å²) in [6, 6.07) is 5.75. The van der Waals surface area contributed by atoms with Crippen LogP contribution < -0.4 is 5.32 Å². The van der Waals surface area contributed by atoms with Crippen molar-refractivity contribution in [3.05, 3.63) is 54.4 Å². The van der Waals surface area contributed by atoms with Crippen LogP contribution in [0.4, 0.5) is 9.18 Å². The van der Waals surface area contributed by atoms with Gasteiger partial charge in [-0.15, -0.1) is 0 Å². The number of halogens is 1. The first-order valence-corrected chi connectivity index (χ1v) is 6.12.